The summed E-state index contributed by atoms with van der Waals surface area (Å²) in [6.45, 7) is 0.570. The summed E-state index contributed by atoms with van der Waals surface area (Å²) in [6, 6.07) is 15.0. The number of carbonyl (C=O) groups is 1. The molecule has 2 rings (SSSR count). The van der Waals surface area contributed by atoms with Crippen LogP contribution in [0.1, 0.15) is 15.9 Å². The molecule has 0 radical (unpaired) electrons. The summed E-state index contributed by atoms with van der Waals surface area (Å²) in [5.74, 6) is 1.64. The minimum Gasteiger partial charge on any atom is -0.496 e. The number of benzene rings is 2. The maximum Gasteiger partial charge on any atom is 0.150 e. The van der Waals surface area contributed by atoms with E-state index in [4.69, 9.17) is 9.47 Å². The topological polar surface area (TPSA) is 35.5 Å². The van der Waals surface area contributed by atoms with Gasteiger partial charge in [-0.15, -0.1) is 0 Å². The van der Waals surface area contributed by atoms with E-state index in [9.17, 15) is 4.79 Å². The zero-order chi connectivity index (χ0) is 13.5. The van der Waals surface area contributed by atoms with Crippen LogP contribution in [0, 0.1) is 0 Å². The standard InChI is InChI=1S/C16H16O3/c1-18-16-5-3-2-4-14(16)10-11-19-15-8-6-13(12-17)7-9-15/h2-9,12H,10-11H2,1H3. The molecule has 0 fully saturated rings. The zero-order valence-corrected chi connectivity index (χ0v) is 10.8. The van der Waals surface area contributed by atoms with E-state index in [0.29, 0.717) is 12.2 Å². The molecule has 0 saturated carbocycles. The quantitative estimate of drug-likeness (QED) is 0.745. The lowest BCUT2D eigenvalue weighted by molar-refractivity contribution is 0.112. The molecule has 3 nitrogen and oxygen atoms in total. The Labute approximate surface area is 112 Å². The fourth-order valence-corrected chi connectivity index (χ4v) is 1.83. The highest BCUT2D eigenvalue weighted by molar-refractivity contribution is 5.74. The average molecular weight is 256 g/mol. The van der Waals surface area contributed by atoms with Gasteiger partial charge in [-0.05, 0) is 35.9 Å². The molecule has 0 aliphatic heterocycles. The summed E-state index contributed by atoms with van der Waals surface area (Å²) in [5, 5.41) is 0. The SMILES string of the molecule is COc1ccccc1CCOc1ccc(C=O)cc1. The van der Waals surface area contributed by atoms with Crippen LogP contribution in [0.15, 0.2) is 48.5 Å². The van der Waals surface area contributed by atoms with Crippen LogP contribution in [-0.2, 0) is 6.42 Å². The lowest BCUT2D eigenvalue weighted by atomic mass is 10.1. The molecule has 19 heavy (non-hydrogen) atoms. The molecule has 0 unspecified atom stereocenters. The van der Waals surface area contributed by atoms with E-state index in [0.717, 1.165) is 29.8 Å². The lowest BCUT2D eigenvalue weighted by Gasteiger charge is -2.09. The van der Waals surface area contributed by atoms with Crippen molar-refractivity contribution in [3.8, 4) is 11.5 Å². The molecule has 0 amide bonds. The summed E-state index contributed by atoms with van der Waals surface area (Å²) in [6.07, 6.45) is 1.60. The van der Waals surface area contributed by atoms with E-state index >= 15 is 0 Å². The van der Waals surface area contributed by atoms with Crippen LogP contribution < -0.4 is 9.47 Å². The largest absolute Gasteiger partial charge is 0.496 e. The molecule has 2 aromatic carbocycles. The smallest absolute Gasteiger partial charge is 0.150 e. The minimum atomic E-state index is 0.570. The van der Waals surface area contributed by atoms with Gasteiger partial charge in [-0.3, -0.25) is 4.79 Å². The Hall–Kier alpha value is -2.29. The fraction of sp³-hybridized carbons (Fsp3) is 0.188. The molecular weight excluding hydrogens is 240 g/mol. The first-order chi connectivity index (χ1) is 9.33. The second-order valence-electron chi connectivity index (χ2n) is 4.10. The van der Waals surface area contributed by atoms with E-state index < -0.39 is 0 Å². The lowest BCUT2D eigenvalue weighted by Crippen LogP contribution is -2.02. The Bertz CT molecular complexity index is 532. The average Bonchev–Trinajstić information content (AvgIpc) is 2.48. The molecule has 98 valence electrons. The highest BCUT2D eigenvalue weighted by atomic mass is 16.5. The third-order valence-electron chi connectivity index (χ3n) is 2.85. The number of carbonyl (C=O) groups excluding carboxylic acids is 1. The molecule has 3 heteroatoms. The van der Waals surface area contributed by atoms with E-state index in [2.05, 4.69) is 0 Å². The van der Waals surface area contributed by atoms with E-state index in [1.165, 1.54) is 0 Å². The summed E-state index contributed by atoms with van der Waals surface area (Å²) in [4.78, 5) is 10.5. The molecular formula is C16H16O3. The van der Waals surface area contributed by atoms with Crippen molar-refractivity contribution in [3.63, 3.8) is 0 Å². The highest BCUT2D eigenvalue weighted by Crippen LogP contribution is 2.18. The molecule has 0 aromatic heterocycles. The predicted octanol–water partition coefficient (Wildman–Crippen LogP) is 3.13. The van der Waals surface area contributed by atoms with Gasteiger partial charge in [0.15, 0.2) is 0 Å². The molecule has 2 aromatic rings. The Morgan fingerprint density at radius 1 is 1.05 bits per heavy atom. The second kappa shape index (κ2) is 6.59. The maximum absolute atomic E-state index is 10.5. The number of ether oxygens (including phenoxy) is 2. The van der Waals surface area contributed by atoms with Crippen LogP contribution in [0.3, 0.4) is 0 Å². The Kier molecular flexibility index (Phi) is 4.56. The molecule has 0 bridgehead atoms. The van der Waals surface area contributed by atoms with Crippen molar-refractivity contribution in [1.82, 2.24) is 0 Å². The van der Waals surface area contributed by atoms with Gasteiger partial charge >= 0.3 is 0 Å². The second-order valence-corrected chi connectivity index (χ2v) is 4.10. The van der Waals surface area contributed by atoms with Crippen molar-refractivity contribution in [2.45, 2.75) is 6.42 Å². The number of hydrogen-bond donors (Lipinski definition) is 0. The van der Waals surface area contributed by atoms with Crippen LogP contribution in [0.5, 0.6) is 11.5 Å². The third kappa shape index (κ3) is 3.58. The molecule has 0 atom stereocenters. The summed E-state index contributed by atoms with van der Waals surface area (Å²) < 4.78 is 10.9. The van der Waals surface area contributed by atoms with E-state index in [1.807, 2.05) is 24.3 Å². The van der Waals surface area contributed by atoms with Crippen LogP contribution in [0.4, 0.5) is 0 Å². The van der Waals surface area contributed by atoms with Crippen LogP contribution in [-0.4, -0.2) is 20.0 Å². The minimum absolute atomic E-state index is 0.570. The number of para-hydroxylation sites is 1. The van der Waals surface area contributed by atoms with Gasteiger partial charge < -0.3 is 9.47 Å². The number of hydrogen-bond acceptors (Lipinski definition) is 3. The molecule has 0 N–H and O–H groups in total. The molecule has 0 spiro atoms. The number of methoxy groups -OCH3 is 1. The van der Waals surface area contributed by atoms with Gasteiger partial charge in [-0.25, -0.2) is 0 Å². The first-order valence-electron chi connectivity index (χ1n) is 6.13. The van der Waals surface area contributed by atoms with Crippen LogP contribution in [0.25, 0.3) is 0 Å². The Morgan fingerprint density at radius 3 is 2.47 bits per heavy atom. The molecule has 0 aliphatic carbocycles. The van der Waals surface area contributed by atoms with Gasteiger partial charge in [-0.1, -0.05) is 18.2 Å². The van der Waals surface area contributed by atoms with Gasteiger partial charge in [0, 0.05) is 12.0 Å². The zero-order valence-electron chi connectivity index (χ0n) is 10.8. The summed E-state index contributed by atoms with van der Waals surface area (Å²) in [7, 11) is 1.66. The van der Waals surface area contributed by atoms with Gasteiger partial charge in [0.2, 0.25) is 0 Å². The van der Waals surface area contributed by atoms with E-state index in [-0.39, 0.29) is 0 Å². The van der Waals surface area contributed by atoms with Crippen molar-refractivity contribution >= 4 is 6.29 Å². The first kappa shape index (κ1) is 13.1. The van der Waals surface area contributed by atoms with Crippen molar-refractivity contribution in [3.05, 3.63) is 59.7 Å². The fourth-order valence-electron chi connectivity index (χ4n) is 1.83. The number of rotatable bonds is 6. The van der Waals surface area contributed by atoms with Crippen molar-refractivity contribution in [1.29, 1.82) is 0 Å². The Balaban J connectivity index is 1.90. The van der Waals surface area contributed by atoms with Gasteiger partial charge in [-0.2, -0.15) is 0 Å². The van der Waals surface area contributed by atoms with E-state index in [1.54, 1.807) is 31.4 Å². The predicted molar refractivity (Wildman–Crippen MR) is 74.0 cm³/mol. The third-order valence-corrected chi connectivity index (χ3v) is 2.85. The highest BCUT2D eigenvalue weighted by Gasteiger charge is 2.02. The monoisotopic (exact) mass is 256 g/mol. The van der Waals surface area contributed by atoms with Crippen LogP contribution >= 0.6 is 0 Å². The van der Waals surface area contributed by atoms with Gasteiger partial charge in [0.05, 0.1) is 13.7 Å². The molecule has 0 aliphatic rings. The Morgan fingerprint density at radius 2 is 1.79 bits per heavy atom. The van der Waals surface area contributed by atoms with Crippen LogP contribution in [0.2, 0.25) is 0 Å². The molecule has 0 saturated heterocycles. The van der Waals surface area contributed by atoms with Crippen molar-refractivity contribution in [2.24, 2.45) is 0 Å². The molecule has 0 heterocycles. The maximum atomic E-state index is 10.5. The van der Waals surface area contributed by atoms with Crippen molar-refractivity contribution in [2.75, 3.05) is 13.7 Å². The summed E-state index contributed by atoms with van der Waals surface area (Å²) in [5.41, 5.74) is 1.77. The normalized spacial score (nSPS) is 9.95. The first-order valence-corrected chi connectivity index (χ1v) is 6.13. The number of aldehydes is 1. The summed E-state index contributed by atoms with van der Waals surface area (Å²) >= 11 is 0. The van der Waals surface area contributed by atoms with Crippen molar-refractivity contribution < 1.29 is 14.3 Å². The van der Waals surface area contributed by atoms with Gasteiger partial charge in [0.1, 0.15) is 17.8 Å². The van der Waals surface area contributed by atoms with Gasteiger partial charge in [0.25, 0.3) is 0 Å².